The molecule has 134 valence electrons. The van der Waals surface area contributed by atoms with Crippen molar-refractivity contribution in [2.24, 2.45) is 0 Å². The fourth-order valence-electron chi connectivity index (χ4n) is 3.90. The molecular weight excluding hydrogens is 332 g/mol. The first-order chi connectivity index (χ1) is 12.7. The van der Waals surface area contributed by atoms with Gasteiger partial charge in [-0.25, -0.2) is 9.97 Å². The van der Waals surface area contributed by atoms with Crippen LogP contribution in [0.15, 0.2) is 30.5 Å². The maximum Gasteiger partial charge on any atom is 0.243 e. The third-order valence-electron chi connectivity index (χ3n) is 5.53. The molecule has 1 saturated carbocycles. The average Bonchev–Trinajstić information content (AvgIpc) is 3.47. The summed E-state index contributed by atoms with van der Waals surface area (Å²) in [6.07, 6.45) is 3.38. The molecule has 1 N–H and O–H groups in total. The fourth-order valence-corrected chi connectivity index (χ4v) is 3.90. The second kappa shape index (κ2) is 5.75. The third kappa shape index (κ3) is 2.24. The second-order valence-electron chi connectivity index (χ2n) is 7.02. The number of anilines is 3. The van der Waals surface area contributed by atoms with E-state index in [1.54, 1.807) is 11.1 Å². The van der Waals surface area contributed by atoms with E-state index >= 15 is 0 Å². The number of rotatable bonds is 3. The van der Waals surface area contributed by atoms with Crippen LogP contribution >= 0.6 is 0 Å². The zero-order chi connectivity index (χ0) is 17.7. The number of fused-ring (bicyclic) bond motifs is 2. The molecule has 1 aliphatic carbocycles. The molecule has 2 aliphatic heterocycles. The summed E-state index contributed by atoms with van der Waals surface area (Å²) < 4.78 is 5.40. The Bertz CT molecular complexity index is 858. The van der Waals surface area contributed by atoms with Gasteiger partial charge < -0.3 is 14.7 Å². The molecule has 0 bridgehead atoms. The summed E-state index contributed by atoms with van der Waals surface area (Å²) in [7, 11) is 0. The Labute approximate surface area is 151 Å². The summed E-state index contributed by atoms with van der Waals surface area (Å²) in [5.74, 6) is 1.02. The summed E-state index contributed by atoms with van der Waals surface area (Å²) in [4.78, 5) is 25.7. The number of ether oxygens (including phenoxy) is 1. The molecule has 7 nitrogen and oxygen atoms in total. The van der Waals surface area contributed by atoms with Crippen molar-refractivity contribution in [1.82, 2.24) is 9.97 Å². The number of benzene rings is 1. The third-order valence-corrected chi connectivity index (χ3v) is 5.53. The molecule has 1 spiro atoms. The van der Waals surface area contributed by atoms with Gasteiger partial charge in [0, 0.05) is 30.5 Å². The molecule has 2 aromatic rings. The van der Waals surface area contributed by atoms with Crippen molar-refractivity contribution >= 4 is 23.1 Å². The van der Waals surface area contributed by atoms with E-state index in [0.29, 0.717) is 11.6 Å². The van der Waals surface area contributed by atoms with Crippen LogP contribution in [0.2, 0.25) is 0 Å². The predicted molar refractivity (Wildman–Crippen MR) is 95.5 cm³/mol. The molecule has 7 heteroatoms. The highest BCUT2D eigenvalue weighted by Gasteiger charge is 2.60. The van der Waals surface area contributed by atoms with E-state index in [1.807, 2.05) is 24.3 Å². The van der Waals surface area contributed by atoms with Gasteiger partial charge in [-0.05, 0) is 37.1 Å². The molecule has 1 saturated heterocycles. The number of hydrogen-bond acceptors (Lipinski definition) is 6. The van der Waals surface area contributed by atoms with Crippen molar-refractivity contribution in [1.29, 1.82) is 0 Å². The van der Waals surface area contributed by atoms with Gasteiger partial charge in [-0.2, -0.15) is 0 Å². The van der Waals surface area contributed by atoms with Gasteiger partial charge in [0.25, 0.3) is 0 Å². The first-order valence-corrected chi connectivity index (χ1v) is 8.97. The first-order valence-electron chi connectivity index (χ1n) is 8.97. The molecular formula is C19H20N4O3. The highest BCUT2D eigenvalue weighted by molar-refractivity contribution is 6.13. The number of carbonyl (C=O) groups is 1. The Morgan fingerprint density at radius 3 is 2.46 bits per heavy atom. The van der Waals surface area contributed by atoms with Crippen molar-refractivity contribution in [2.45, 2.75) is 24.9 Å². The van der Waals surface area contributed by atoms with Crippen molar-refractivity contribution in [2.75, 3.05) is 36.1 Å². The number of aliphatic hydroxyl groups excluding tert-OH is 1. The quantitative estimate of drug-likeness (QED) is 0.902. The van der Waals surface area contributed by atoms with Gasteiger partial charge in [-0.1, -0.05) is 0 Å². The van der Waals surface area contributed by atoms with E-state index in [4.69, 9.17) is 4.74 Å². The van der Waals surface area contributed by atoms with Gasteiger partial charge in [0.05, 0.1) is 24.3 Å². The number of hydrogen-bond donors (Lipinski definition) is 1. The Kier molecular flexibility index (Phi) is 3.48. The average molecular weight is 352 g/mol. The smallest absolute Gasteiger partial charge is 0.243 e. The zero-order valence-corrected chi connectivity index (χ0v) is 14.4. The minimum Gasteiger partial charge on any atom is -0.388 e. The SMILES string of the molecule is O=C1N(c2ccc(N3CCOCC3)cc2)c2nc(CO)ncc2C12CC2. The molecule has 5 rings (SSSR count). The Balaban J connectivity index is 1.51. The van der Waals surface area contributed by atoms with Gasteiger partial charge in [-0.15, -0.1) is 0 Å². The second-order valence-corrected chi connectivity index (χ2v) is 7.02. The van der Waals surface area contributed by atoms with Crippen molar-refractivity contribution in [3.05, 3.63) is 41.9 Å². The summed E-state index contributed by atoms with van der Waals surface area (Å²) in [5, 5.41) is 9.37. The van der Waals surface area contributed by atoms with Crippen LogP contribution in [-0.4, -0.2) is 47.3 Å². The van der Waals surface area contributed by atoms with Crippen molar-refractivity contribution in [3.8, 4) is 0 Å². The molecule has 0 atom stereocenters. The number of carbonyl (C=O) groups excluding carboxylic acids is 1. The monoisotopic (exact) mass is 352 g/mol. The summed E-state index contributed by atoms with van der Waals surface area (Å²) in [6, 6.07) is 8.02. The van der Waals surface area contributed by atoms with Gasteiger partial charge in [0.1, 0.15) is 12.4 Å². The van der Waals surface area contributed by atoms with E-state index in [0.717, 1.165) is 56.1 Å². The van der Waals surface area contributed by atoms with E-state index < -0.39 is 5.41 Å². The molecule has 1 amide bonds. The molecule has 26 heavy (non-hydrogen) atoms. The molecule has 1 aromatic carbocycles. The molecule has 3 aliphatic rings. The Hall–Kier alpha value is -2.51. The van der Waals surface area contributed by atoms with Gasteiger partial charge in [-0.3, -0.25) is 9.69 Å². The molecule has 0 unspecified atom stereocenters. The number of nitrogens with zero attached hydrogens (tertiary/aromatic N) is 4. The minimum atomic E-state index is -0.452. The summed E-state index contributed by atoms with van der Waals surface area (Å²) in [5.41, 5.74) is 2.37. The van der Waals surface area contributed by atoms with E-state index in [-0.39, 0.29) is 12.5 Å². The van der Waals surface area contributed by atoms with E-state index in [2.05, 4.69) is 14.9 Å². The Morgan fingerprint density at radius 1 is 1.12 bits per heavy atom. The molecule has 3 heterocycles. The summed E-state index contributed by atoms with van der Waals surface area (Å²) >= 11 is 0. The largest absolute Gasteiger partial charge is 0.388 e. The molecule has 1 aromatic heterocycles. The number of amides is 1. The number of morpholine rings is 1. The topological polar surface area (TPSA) is 78.8 Å². The lowest BCUT2D eigenvalue weighted by atomic mass is 10.0. The van der Waals surface area contributed by atoms with Crippen LogP contribution in [0.4, 0.5) is 17.2 Å². The molecule has 2 fully saturated rings. The van der Waals surface area contributed by atoms with Crippen molar-refractivity contribution < 1.29 is 14.6 Å². The van der Waals surface area contributed by atoms with Crippen LogP contribution in [0.1, 0.15) is 24.2 Å². The van der Waals surface area contributed by atoms with Crippen LogP contribution < -0.4 is 9.80 Å². The Morgan fingerprint density at radius 2 is 1.81 bits per heavy atom. The highest BCUT2D eigenvalue weighted by atomic mass is 16.5. The normalized spacial score (nSPS) is 20.6. The first kappa shape index (κ1) is 15.7. The van der Waals surface area contributed by atoms with Crippen molar-refractivity contribution in [3.63, 3.8) is 0 Å². The van der Waals surface area contributed by atoms with Gasteiger partial charge in [0.15, 0.2) is 5.82 Å². The minimum absolute atomic E-state index is 0.0658. The zero-order valence-electron chi connectivity index (χ0n) is 14.4. The number of aromatic nitrogens is 2. The lowest BCUT2D eigenvalue weighted by molar-refractivity contribution is -0.119. The van der Waals surface area contributed by atoms with E-state index in [1.165, 1.54) is 0 Å². The standard InChI is InChI=1S/C19H20N4O3/c24-12-16-20-11-15-17(21-16)23(18(25)19(15)5-6-19)14-3-1-13(2-4-14)22-7-9-26-10-8-22/h1-4,11,24H,5-10,12H2. The predicted octanol–water partition coefficient (Wildman–Crippen LogP) is 1.52. The highest BCUT2D eigenvalue weighted by Crippen LogP contribution is 2.58. The van der Waals surface area contributed by atoms with E-state index in [9.17, 15) is 9.90 Å². The number of aliphatic hydroxyl groups is 1. The molecule has 0 radical (unpaired) electrons. The van der Waals surface area contributed by atoms with Gasteiger partial charge in [0.2, 0.25) is 5.91 Å². The lowest BCUT2D eigenvalue weighted by Gasteiger charge is -2.29. The van der Waals surface area contributed by atoms with Crippen LogP contribution in [-0.2, 0) is 21.6 Å². The maximum atomic E-state index is 13.1. The lowest BCUT2D eigenvalue weighted by Crippen LogP contribution is -2.36. The fraction of sp³-hybridized carbons (Fsp3) is 0.421. The van der Waals surface area contributed by atoms with Gasteiger partial charge >= 0.3 is 0 Å². The van der Waals surface area contributed by atoms with Crippen LogP contribution in [0.25, 0.3) is 0 Å². The summed E-state index contributed by atoms with van der Waals surface area (Å²) in [6.45, 7) is 2.99. The van der Waals surface area contributed by atoms with Crippen LogP contribution in [0.3, 0.4) is 0 Å². The van der Waals surface area contributed by atoms with Crippen LogP contribution in [0.5, 0.6) is 0 Å². The maximum absolute atomic E-state index is 13.1. The van der Waals surface area contributed by atoms with Crippen LogP contribution in [0, 0.1) is 0 Å².